The lowest BCUT2D eigenvalue weighted by Crippen LogP contribution is -2.28. The highest BCUT2D eigenvalue weighted by Gasteiger charge is 2.23. The van der Waals surface area contributed by atoms with Gasteiger partial charge in [0.15, 0.2) is 4.80 Å². The number of para-hydroxylation sites is 1. The number of thiophene rings is 1. The topological polar surface area (TPSA) is 60.7 Å². The Morgan fingerprint density at radius 3 is 2.71 bits per heavy atom. The van der Waals surface area contributed by atoms with Gasteiger partial charge in [-0.05, 0) is 30.0 Å². The number of hydrogen-bond donors (Lipinski definition) is 0. The minimum atomic E-state index is -0.513. The summed E-state index contributed by atoms with van der Waals surface area (Å²) < 4.78 is 7.70. The number of ether oxygens (including phenoxy) is 1. The molecule has 0 aliphatic rings. The van der Waals surface area contributed by atoms with E-state index in [-0.39, 0.29) is 11.9 Å². The van der Waals surface area contributed by atoms with E-state index in [0.717, 1.165) is 10.2 Å². The Bertz CT molecular complexity index is 938. The molecule has 0 aliphatic carbocycles. The minimum absolute atomic E-state index is 0.301. The van der Waals surface area contributed by atoms with Gasteiger partial charge in [-0.15, -0.1) is 11.3 Å². The highest BCUT2D eigenvalue weighted by molar-refractivity contribution is 7.16. The summed E-state index contributed by atoms with van der Waals surface area (Å²) in [7, 11) is 1.37. The van der Waals surface area contributed by atoms with Gasteiger partial charge in [-0.25, -0.2) is 4.79 Å². The number of amides is 1. The molecule has 1 atom stereocenters. The normalized spacial score (nSPS) is 13.2. The average Bonchev–Trinajstić information content (AvgIpc) is 3.24. The average molecular weight is 360 g/mol. The second-order valence-corrected chi connectivity index (χ2v) is 7.02. The fraction of sp³-hybridized carbons (Fsp3) is 0.235. The first kappa shape index (κ1) is 16.6. The van der Waals surface area contributed by atoms with Gasteiger partial charge >= 0.3 is 5.97 Å². The maximum Gasteiger partial charge on any atom is 0.328 e. The van der Waals surface area contributed by atoms with Crippen LogP contribution in [-0.4, -0.2) is 23.6 Å². The van der Waals surface area contributed by atoms with Crippen molar-refractivity contribution in [2.45, 2.75) is 19.4 Å². The lowest BCUT2D eigenvalue weighted by molar-refractivity contribution is -0.144. The van der Waals surface area contributed by atoms with Crippen LogP contribution in [0.25, 0.3) is 10.2 Å². The summed E-state index contributed by atoms with van der Waals surface area (Å²) in [4.78, 5) is 29.9. The molecule has 1 aromatic carbocycles. The molecule has 0 spiro atoms. The van der Waals surface area contributed by atoms with Gasteiger partial charge in [0.05, 0.1) is 22.2 Å². The number of rotatable bonds is 4. The smallest absolute Gasteiger partial charge is 0.328 e. The van der Waals surface area contributed by atoms with E-state index in [1.54, 1.807) is 10.6 Å². The Morgan fingerprint density at radius 2 is 2.04 bits per heavy atom. The van der Waals surface area contributed by atoms with E-state index in [1.807, 2.05) is 42.6 Å². The Hall–Kier alpha value is -2.25. The van der Waals surface area contributed by atoms with Gasteiger partial charge in [0.25, 0.3) is 5.91 Å². The fourth-order valence-corrected chi connectivity index (χ4v) is 4.18. The van der Waals surface area contributed by atoms with Crippen LogP contribution in [0.15, 0.2) is 46.8 Å². The number of nitrogens with zero attached hydrogens (tertiary/aromatic N) is 2. The number of benzene rings is 1. The van der Waals surface area contributed by atoms with E-state index in [4.69, 9.17) is 4.74 Å². The van der Waals surface area contributed by atoms with Crippen molar-refractivity contribution in [3.63, 3.8) is 0 Å². The first-order valence-electron chi connectivity index (χ1n) is 7.46. The van der Waals surface area contributed by atoms with Crippen LogP contribution in [-0.2, 0) is 9.53 Å². The van der Waals surface area contributed by atoms with E-state index in [9.17, 15) is 9.59 Å². The molecule has 1 unspecified atom stereocenters. The molecular weight excluding hydrogens is 344 g/mol. The predicted octanol–water partition coefficient (Wildman–Crippen LogP) is 3.63. The van der Waals surface area contributed by atoms with Gasteiger partial charge in [0, 0.05) is 0 Å². The molecule has 0 aliphatic heterocycles. The SMILES string of the molecule is CCC(C(=O)OC)n1c(=NC(=O)c2cccs2)sc2ccccc21. The van der Waals surface area contributed by atoms with Crippen molar-refractivity contribution < 1.29 is 14.3 Å². The molecule has 1 amide bonds. The molecule has 5 nitrogen and oxygen atoms in total. The second kappa shape index (κ2) is 7.11. The first-order valence-corrected chi connectivity index (χ1v) is 9.15. The monoisotopic (exact) mass is 360 g/mol. The van der Waals surface area contributed by atoms with Gasteiger partial charge in [0.1, 0.15) is 6.04 Å². The number of carbonyl (C=O) groups is 2. The van der Waals surface area contributed by atoms with E-state index in [1.165, 1.54) is 29.8 Å². The zero-order valence-electron chi connectivity index (χ0n) is 13.3. The molecule has 3 rings (SSSR count). The number of esters is 1. The minimum Gasteiger partial charge on any atom is -0.467 e. The maximum absolute atomic E-state index is 12.4. The third-order valence-corrected chi connectivity index (χ3v) is 5.53. The van der Waals surface area contributed by atoms with Crippen LogP contribution >= 0.6 is 22.7 Å². The van der Waals surface area contributed by atoms with Crippen molar-refractivity contribution >= 4 is 44.8 Å². The third-order valence-electron chi connectivity index (χ3n) is 3.63. The molecular formula is C17H16N2O3S2. The van der Waals surface area contributed by atoms with Crippen molar-refractivity contribution in [3.05, 3.63) is 51.5 Å². The van der Waals surface area contributed by atoms with E-state index in [2.05, 4.69) is 4.99 Å². The lowest BCUT2D eigenvalue weighted by Gasteiger charge is -2.15. The number of methoxy groups -OCH3 is 1. The molecule has 0 N–H and O–H groups in total. The summed E-state index contributed by atoms with van der Waals surface area (Å²) in [6.45, 7) is 1.91. The molecule has 3 aromatic rings. The number of hydrogen-bond acceptors (Lipinski definition) is 5. The Balaban J connectivity index is 2.22. The number of aromatic nitrogens is 1. The van der Waals surface area contributed by atoms with Crippen molar-refractivity contribution in [2.24, 2.45) is 4.99 Å². The summed E-state index contributed by atoms with van der Waals surface area (Å²) in [6.07, 6.45) is 0.549. The summed E-state index contributed by atoms with van der Waals surface area (Å²) >= 11 is 2.74. The van der Waals surface area contributed by atoms with E-state index < -0.39 is 6.04 Å². The molecule has 2 aromatic heterocycles. The van der Waals surface area contributed by atoms with Gasteiger partial charge in [-0.3, -0.25) is 4.79 Å². The highest BCUT2D eigenvalue weighted by atomic mass is 32.1. The van der Waals surface area contributed by atoms with Crippen LogP contribution in [0.4, 0.5) is 0 Å². The molecule has 24 heavy (non-hydrogen) atoms. The maximum atomic E-state index is 12.4. The van der Waals surface area contributed by atoms with Crippen LogP contribution in [0.3, 0.4) is 0 Å². The quantitative estimate of drug-likeness (QED) is 0.668. The number of thiazole rings is 1. The van der Waals surface area contributed by atoms with Crippen molar-refractivity contribution in [1.29, 1.82) is 0 Å². The molecule has 0 saturated heterocycles. The molecule has 0 fully saturated rings. The Morgan fingerprint density at radius 1 is 1.25 bits per heavy atom. The van der Waals surface area contributed by atoms with Gasteiger partial charge in [-0.2, -0.15) is 4.99 Å². The van der Waals surface area contributed by atoms with Gasteiger partial charge < -0.3 is 9.30 Å². The lowest BCUT2D eigenvalue weighted by atomic mass is 10.2. The third kappa shape index (κ3) is 3.05. The van der Waals surface area contributed by atoms with Crippen LogP contribution < -0.4 is 4.80 Å². The standard InChI is InChI=1S/C17H16N2O3S2/c1-3-11(16(21)22-2)19-12-7-4-5-8-13(12)24-17(19)18-15(20)14-9-6-10-23-14/h4-11H,3H2,1-2H3. The molecule has 0 radical (unpaired) electrons. The van der Waals surface area contributed by atoms with E-state index in [0.29, 0.717) is 16.1 Å². The fourth-order valence-electron chi connectivity index (χ4n) is 2.50. The largest absolute Gasteiger partial charge is 0.467 e. The number of carbonyl (C=O) groups excluding carboxylic acids is 2. The predicted molar refractivity (Wildman–Crippen MR) is 95.4 cm³/mol. The highest BCUT2D eigenvalue weighted by Crippen LogP contribution is 2.23. The molecule has 124 valence electrons. The summed E-state index contributed by atoms with van der Waals surface area (Å²) in [5, 5.41) is 1.84. The molecule has 7 heteroatoms. The summed E-state index contributed by atoms with van der Waals surface area (Å²) in [5.74, 6) is -0.642. The van der Waals surface area contributed by atoms with Crippen molar-refractivity contribution in [3.8, 4) is 0 Å². The Kier molecular flexibility index (Phi) is 4.92. The molecule has 0 bridgehead atoms. The van der Waals surface area contributed by atoms with Crippen molar-refractivity contribution in [1.82, 2.24) is 4.57 Å². The zero-order chi connectivity index (χ0) is 17.1. The zero-order valence-corrected chi connectivity index (χ0v) is 14.9. The van der Waals surface area contributed by atoms with Crippen LogP contribution in [0, 0.1) is 0 Å². The van der Waals surface area contributed by atoms with Crippen molar-refractivity contribution in [2.75, 3.05) is 7.11 Å². The molecule has 0 saturated carbocycles. The van der Waals surface area contributed by atoms with Crippen LogP contribution in [0.1, 0.15) is 29.1 Å². The first-order chi connectivity index (χ1) is 11.7. The van der Waals surface area contributed by atoms with E-state index >= 15 is 0 Å². The van der Waals surface area contributed by atoms with Gasteiger partial charge in [-0.1, -0.05) is 36.5 Å². The Labute approximate surface area is 146 Å². The number of fused-ring (bicyclic) bond motifs is 1. The van der Waals surface area contributed by atoms with Gasteiger partial charge in [0.2, 0.25) is 0 Å². The summed E-state index contributed by atoms with van der Waals surface area (Å²) in [5.41, 5.74) is 0.873. The summed E-state index contributed by atoms with van der Waals surface area (Å²) in [6, 6.07) is 10.7. The van der Waals surface area contributed by atoms with Crippen LogP contribution in [0.2, 0.25) is 0 Å². The van der Waals surface area contributed by atoms with Crippen LogP contribution in [0.5, 0.6) is 0 Å². The molecule has 2 heterocycles. The second-order valence-electron chi connectivity index (χ2n) is 5.06.